The molecule has 4 heteroatoms. The van der Waals surface area contributed by atoms with Crippen LogP contribution in [0.5, 0.6) is 0 Å². The fraction of sp³-hybridized carbons (Fsp3) is 0.381. The first kappa shape index (κ1) is 18.0. The Labute approximate surface area is 154 Å². The summed E-state index contributed by atoms with van der Waals surface area (Å²) in [6.45, 7) is 3.65. The van der Waals surface area contributed by atoms with Gasteiger partial charge in [-0.25, -0.2) is 0 Å². The van der Waals surface area contributed by atoms with Crippen LogP contribution in [-0.2, 0) is 4.79 Å². The van der Waals surface area contributed by atoms with Crippen LogP contribution in [-0.4, -0.2) is 29.6 Å². The second-order valence-corrected chi connectivity index (χ2v) is 7.88. The Morgan fingerprint density at radius 2 is 1.80 bits per heavy atom. The van der Waals surface area contributed by atoms with E-state index in [1.165, 1.54) is 4.90 Å². The quantitative estimate of drug-likeness (QED) is 0.799. The second kappa shape index (κ2) is 8.54. The summed E-state index contributed by atoms with van der Waals surface area (Å²) in [4.78, 5) is 16.1. The molecule has 3 rings (SSSR count). The smallest absolute Gasteiger partial charge is 0.227 e. The van der Waals surface area contributed by atoms with Crippen LogP contribution in [0.15, 0.2) is 65.6 Å². The minimum atomic E-state index is -0.244. The predicted octanol–water partition coefficient (Wildman–Crippen LogP) is 3.96. The van der Waals surface area contributed by atoms with Gasteiger partial charge in [0.25, 0.3) is 0 Å². The maximum atomic E-state index is 12.8. The van der Waals surface area contributed by atoms with Crippen LogP contribution >= 0.6 is 11.8 Å². The molecule has 3 unspecified atom stereocenters. The van der Waals surface area contributed by atoms with Crippen molar-refractivity contribution in [3.05, 3.63) is 66.2 Å². The van der Waals surface area contributed by atoms with Crippen molar-refractivity contribution >= 4 is 17.7 Å². The maximum absolute atomic E-state index is 12.8. The molecule has 0 bridgehead atoms. The molecule has 1 aliphatic rings. The summed E-state index contributed by atoms with van der Waals surface area (Å²) in [5.41, 5.74) is 7.35. The van der Waals surface area contributed by atoms with Crippen LogP contribution in [0.4, 0.5) is 0 Å². The Morgan fingerprint density at radius 3 is 2.48 bits per heavy atom. The molecule has 0 spiro atoms. The standard InChI is InChI=1S/C21H26N2OS/c1-16(20(22)18-8-4-2-5-9-18)21(24)23-13-12-17(14-23)15-25-19-10-6-3-7-11-19/h2-11,16-17,20H,12-15,22H2,1H3. The molecule has 0 aliphatic carbocycles. The van der Waals surface area contributed by atoms with E-state index in [0.717, 1.165) is 30.8 Å². The molecule has 1 heterocycles. The van der Waals surface area contributed by atoms with E-state index in [2.05, 4.69) is 24.3 Å². The molecule has 0 radical (unpaired) electrons. The van der Waals surface area contributed by atoms with Crippen molar-refractivity contribution < 1.29 is 4.79 Å². The Bertz CT molecular complexity index is 677. The van der Waals surface area contributed by atoms with Crippen LogP contribution in [0.1, 0.15) is 24.9 Å². The third kappa shape index (κ3) is 4.65. The van der Waals surface area contributed by atoms with Crippen molar-refractivity contribution in [2.24, 2.45) is 17.6 Å². The largest absolute Gasteiger partial charge is 0.342 e. The number of benzene rings is 2. The van der Waals surface area contributed by atoms with Gasteiger partial charge in [0.05, 0.1) is 5.92 Å². The third-order valence-electron chi connectivity index (χ3n) is 4.94. The van der Waals surface area contributed by atoms with Gasteiger partial charge in [-0.15, -0.1) is 11.8 Å². The van der Waals surface area contributed by atoms with E-state index in [-0.39, 0.29) is 17.9 Å². The van der Waals surface area contributed by atoms with Crippen molar-refractivity contribution in [2.45, 2.75) is 24.3 Å². The molecule has 1 fully saturated rings. The molecule has 1 saturated heterocycles. The molecule has 132 valence electrons. The van der Waals surface area contributed by atoms with Crippen molar-refractivity contribution in [1.82, 2.24) is 4.90 Å². The highest BCUT2D eigenvalue weighted by atomic mass is 32.2. The number of carbonyl (C=O) groups is 1. The number of thioether (sulfide) groups is 1. The fourth-order valence-corrected chi connectivity index (χ4v) is 4.35. The monoisotopic (exact) mass is 354 g/mol. The molecule has 2 aromatic rings. The summed E-state index contributed by atoms with van der Waals surface area (Å²) in [5.74, 6) is 1.62. The van der Waals surface area contributed by atoms with Gasteiger partial charge in [0, 0.05) is 29.8 Å². The predicted molar refractivity (Wildman–Crippen MR) is 104 cm³/mol. The van der Waals surface area contributed by atoms with E-state index in [0.29, 0.717) is 5.92 Å². The van der Waals surface area contributed by atoms with Gasteiger partial charge < -0.3 is 10.6 Å². The van der Waals surface area contributed by atoms with E-state index in [1.54, 1.807) is 0 Å². The number of amides is 1. The van der Waals surface area contributed by atoms with Gasteiger partial charge in [0.1, 0.15) is 0 Å². The lowest BCUT2D eigenvalue weighted by molar-refractivity contribution is -0.134. The van der Waals surface area contributed by atoms with Crippen molar-refractivity contribution in [1.29, 1.82) is 0 Å². The molecule has 0 aromatic heterocycles. The lowest BCUT2D eigenvalue weighted by atomic mass is 9.94. The summed E-state index contributed by atoms with van der Waals surface area (Å²) in [7, 11) is 0. The van der Waals surface area contributed by atoms with Gasteiger partial charge in [-0.3, -0.25) is 4.79 Å². The molecular formula is C21H26N2OS. The topological polar surface area (TPSA) is 46.3 Å². The number of hydrogen-bond donors (Lipinski definition) is 1. The Balaban J connectivity index is 1.51. The van der Waals surface area contributed by atoms with Gasteiger partial charge in [-0.05, 0) is 30.0 Å². The van der Waals surface area contributed by atoms with E-state index < -0.39 is 0 Å². The molecule has 2 aromatic carbocycles. The highest BCUT2D eigenvalue weighted by Gasteiger charge is 2.31. The third-order valence-corrected chi connectivity index (χ3v) is 6.18. The molecular weight excluding hydrogens is 328 g/mol. The normalized spacial score (nSPS) is 19.6. The molecule has 1 aliphatic heterocycles. The maximum Gasteiger partial charge on any atom is 0.227 e. The Hall–Kier alpha value is -1.78. The zero-order chi connectivity index (χ0) is 17.6. The van der Waals surface area contributed by atoms with Gasteiger partial charge in [-0.2, -0.15) is 0 Å². The van der Waals surface area contributed by atoms with E-state index in [4.69, 9.17) is 5.73 Å². The average molecular weight is 355 g/mol. The zero-order valence-corrected chi connectivity index (χ0v) is 15.5. The number of nitrogens with two attached hydrogens (primary N) is 1. The van der Waals surface area contributed by atoms with E-state index in [9.17, 15) is 4.79 Å². The molecule has 25 heavy (non-hydrogen) atoms. The van der Waals surface area contributed by atoms with Gasteiger partial charge in [0.2, 0.25) is 5.91 Å². The number of carbonyl (C=O) groups excluding carboxylic acids is 1. The summed E-state index contributed by atoms with van der Waals surface area (Å²) >= 11 is 1.88. The summed E-state index contributed by atoms with van der Waals surface area (Å²) < 4.78 is 0. The minimum absolute atomic E-state index is 0.184. The number of likely N-dealkylation sites (tertiary alicyclic amines) is 1. The molecule has 0 saturated carbocycles. The Morgan fingerprint density at radius 1 is 1.16 bits per heavy atom. The van der Waals surface area contributed by atoms with Gasteiger partial charge in [-0.1, -0.05) is 55.5 Å². The first-order valence-electron chi connectivity index (χ1n) is 8.92. The van der Waals surface area contributed by atoms with Gasteiger partial charge in [0.15, 0.2) is 0 Å². The fourth-order valence-electron chi connectivity index (χ4n) is 3.31. The zero-order valence-electron chi connectivity index (χ0n) is 14.7. The Kier molecular flexibility index (Phi) is 6.16. The SMILES string of the molecule is CC(C(=O)N1CCC(CSc2ccccc2)C1)C(N)c1ccccc1. The first-order valence-corrected chi connectivity index (χ1v) is 9.91. The highest BCUT2D eigenvalue weighted by molar-refractivity contribution is 7.99. The lowest BCUT2D eigenvalue weighted by Gasteiger charge is -2.25. The lowest BCUT2D eigenvalue weighted by Crippen LogP contribution is -2.38. The van der Waals surface area contributed by atoms with Gasteiger partial charge >= 0.3 is 0 Å². The van der Waals surface area contributed by atoms with Crippen LogP contribution in [0.2, 0.25) is 0 Å². The molecule has 2 N–H and O–H groups in total. The number of rotatable bonds is 6. The average Bonchev–Trinajstić information content (AvgIpc) is 3.15. The highest BCUT2D eigenvalue weighted by Crippen LogP contribution is 2.28. The van der Waals surface area contributed by atoms with E-state index >= 15 is 0 Å². The first-order chi connectivity index (χ1) is 12.1. The number of hydrogen-bond acceptors (Lipinski definition) is 3. The second-order valence-electron chi connectivity index (χ2n) is 6.79. The van der Waals surface area contributed by atoms with E-state index in [1.807, 2.05) is 60.0 Å². The molecule has 3 atom stereocenters. The summed E-state index contributed by atoms with van der Waals surface area (Å²) in [6, 6.07) is 20.1. The summed E-state index contributed by atoms with van der Waals surface area (Å²) in [6.07, 6.45) is 1.08. The van der Waals surface area contributed by atoms with Crippen molar-refractivity contribution in [2.75, 3.05) is 18.8 Å². The summed E-state index contributed by atoms with van der Waals surface area (Å²) in [5, 5.41) is 0. The van der Waals surface area contributed by atoms with Crippen LogP contribution in [0, 0.1) is 11.8 Å². The van der Waals surface area contributed by atoms with Crippen LogP contribution in [0.25, 0.3) is 0 Å². The minimum Gasteiger partial charge on any atom is -0.342 e. The van der Waals surface area contributed by atoms with Crippen LogP contribution < -0.4 is 5.73 Å². The molecule has 1 amide bonds. The van der Waals surface area contributed by atoms with Crippen LogP contribution in [0.3, 0.4) is 0 Å². The van der Waals surface area contributed by atoms with Crippen molar-refractivity contribution in [3.63, 3.8) is 0 Å². The number of nitrogens with zero attached hydrogens (tertiary/aromatic N) is 1. The molecule has 3 nitrogen and oxygen atoms in total. The van der Waals surface area contributed by atoms with Crippen molar-refractivity contribution in [3.8, 4) is 0 Å².